The molecule has 0 radical (unpaired) electrons. The summed E-state index contributed by atoms with van der Waals surface area (Å²) in [4.78, 5) is 3.88. The maximum atomic E-state index is 5.57. The van der Waals surface area contributed by atoms with Crippen molar-refractivity contribution in [3.05, 3.63) is 29.3 Å². The van der Waals surface area contributed by atoms with E-state index in [4.69, 9.17) is 16.2 Å². The molecule has 0 unspecified atom stereocenters. The smallest absolute Gasteiger partial charge is 0.185 e. The van der Waals surface area contributed by atoms with Crippen LogP contribution in [0.15, 0.2) is 23.2 Å². The molecule has 1 aromatic rings. The van der Waals surface area contributed by atoms with Crippen LogP contribution in [0.3, 0.4) is 0 Å². The minimum absolute atomic E-state index is 0.131. The molecule has 0 saturated carbocycles. The molecule has 0 spiro atoms. The number of hydrogen-bond donors (Lipinski definition) is 2. The average molecular weight is 221 g/mol. The van der Waals surface area contributed by atoms with Crippen LogP contribution in [0.25, 0.3) is 0 Å². The summed E-state index contributed by atoms with van der Waals surface area (Å²) in [6, 6.07) is 6.07. The molecule has 4 heteroatoms. The van der Waals surface area contributed by atoms with Gasteiger partial charge in [0.2, 0.25) is 0 Å². The van der Waals surface area contributed by atoms with Crippen LogP contribution in [0.5, 0.6) is 5.75 Å². The van der Waals surface area contributed by atoms with Crippen molar-refractivity contribution in [2.45, 2.75) is 20.3 Å². The van der Waals surface area contributed by atoms with Gasteiger partial charge in [0.25, 0.3) is 0 Å². The summed E-state index contributed by atoms with van der Waals surface area (Å²) in [5.41, 5.74) is 12.9. The first-order chi connectivity index (χ1) is 7.59. The predicted molar refractivity (Wildman–Crippen MR) is 66.7 cm³/mol. The van der Waals surface area contributed by atoms with E-state index >= 15 is 0 Å². The zero-order valence-corrected chi connectivity index (χ0v) is 9.86. The first-order valence-corrected chi connectivity index (χ1v) is 5.35. The number of ether oxygens (including phenoxy) is 1. The van der Waals surface area contributed by atoms with E-state index in [1.807, 2.05) is 12.1 Å². The Hall–Kier alpha value is -1.71. The van der Waals surface area contributed by atoms with E-state index in [0.29, 0.717) is 13.2 Å². The van der Waals surface area contributed by atoms with Gasteiger partial charge in [0.05, 0.1) is 6.61 Å². The third-order valence-electron chi connectivity index (χ3n) is 2.34. The van der Waals surface area contributed by atoms with Gasteiger partial charge < -0.3 is 16.2 Å². The highest BCUT2D eigenvalue weighted by molar-refractivity contribution is 5.75. The van der Waals surface area contributed by atoms with E-state index in [9.17, 15) is 0 Å². The molecule has 0 saturated heterocycles. The molecule has 4 nitrogen and oxygen atoms in total. The van der Waals surface area contributed by atoms with Crippen molar-refractivity contribution in [2.75, 3.05) is 13.2 Å². The SMILES string of the molecule is Cc1ccc(OCCCN=C(N)N)cc1C. The highest BCUT2D eigenvalue weighted by Gasteiger charge is 1.96. The van der Waals surface area contributed by atoms with E-state index < -0.39 is 0 Å². The second kappa shape index (κ2) is 6.00. The molecule has 0 atom stereocenters. The van der Waals surface area contributed by atoms with Gasteiger partial charge >= 0.3 is 0 Å². The zero-order chi connectivity index (χ0) is 12.0. The van der Waals surface area contributed by atoms with Crippen LogP contribution in [-0.2, 0) is 0 Å². The number of aryl methyl sites for hydroxylation is 2. The maximum absolute atomic E-state index is 5.57. The van der Waals surface area contributed by atoms with Gasteiger partial charge in [0.15, 0.2) is 5.96 Å². The largest absolute Gasteiger partial charge is 0.494 e. The molecular formula is C12H19N3O. The Balaban J connectivity index is 2.32. The van der Waals surface area contributed by atoms with Crippen LogP contribution in [-0.4, -0.2) is 19.1 Å². The fourth-order valence-corrected chi connectivity index (χ4v) is 1.27. The summed E-state index contributed by atoms with van der Waals surface area (Å²) in [6.07, 6.45) is 0.810. The number of guanidine groups is 1. The fraction of sp³-hybridized carbons (Fsp3) is 0.417. The van der Waals surface area contributed by atoms with Crippen molar-refractivity contribution in [3.8, 4) is 5.75 Å². The minimum Gasteiger partial charge on any atom is -0.494 e. The lowest BCUT2D eigenvalue weighted by Gasteiger charge is -2.07. The van der Waals surface area contributed by atoms with E-state index in [-0.39, 0.29) is 5.96 Å². The minimum atomic E-state index is 0.131. The lowest BCUT2D eigenvalue weighted by molar-refractivity contribution is 0.313. The normalized spacial score (nSPS) is 9.88. The molecule has 1 aromatic carbocycles. The van der Waals surface area contributed by atoms with E-state index in [2.05, 4.69) is 24.9 Å². The van der Waals surface area contributed by atoms with Crippen molar-refractivity contribution in [1.29, 1.82) is 0 Å². The summed E-state index contributed by atoms with van der Waals surface area (Å²) < 4.78 is 5.57. The molecule has 1 rings (SSSR count). The molecule has 88 valence electrons. The number of hydrogen-bond acceptors (Lipinski definition) is 2. The molecule has 0 heterocycles. The number of nitrogens with two attached hydrogens (primary N) is 2. The van der Waals surface area contributed by atoms with Crippen LogP contribution < -0.4 is 16.2 Å². The zero-order valence-electron chi connectivity index (χ0n) is 9.86. The average Bonchev–Trinajstić information content (AvgIpc) is 2.22. The summed E-state index contributed by atoms with van der Waals surface area (Å²) >= 11 is 0. The second-order valence-electron chi connectivity index (χ2n) is 3.75. The maximum Gasteiger partial charge on any atom is 0.185 e. The van der Waals surface area contributed by atoms with Crippen molar-refractivity contribution in [3.63, 3.8) is 0 Å². The number of nitrogens with zero attached hydrogens (tertiary/aromatic N) is 1. The Morgan fingerprint density at radius 2 is 2.00 bits per heavy atom. The monoisotopic (exact) mass is 221 g/mol. The third-order valence-corrected chi connectivity index (χ3v) is 2.34. The molecule has 16 heavy (non-hydrogen) atoms. The second-order valence-corrected chi connectivity index (χ2v) is 3.75. The van der Waals surface area contributed by atoms with Crippen molar-refractivity contribution in [2.24, 2.45) is 16.5 Å². The van der Waals surface area contributed by atoms with Gasteiger partial charge in [-0.15, -0.1) is 0 Å². The topological polar surface area (TPSA) is 73.6 Å². The van der Waals surface area contributed by atoms with Crippen LogP contribution in [0.4, 0.5) is 0 Å². The van der Waals surface area contributed by atoms with E-state index in [1.165, 1.54) is 11.1 Å². The number of aliphatic imine (C=N–C) groups is 1. The van der Waals surface area contributed by atoms with Crippen molar-refractivity contribution < 1.29 is 4.74 Å². The molecule has 0 fully saturated rings. The summed E-state index contributed by atoms with van der Waals surface area (Å²) in [5, 5.41) is 0. The summed E-state index contributed by atoms with van der Waals surface area (Å²) in [5.74, 6) is 1.03. The van der Waals surface area contributed by atoms with E-state index in [0.717, 1.165) is 12.2 Å². The number of benzene rings is 1. The Labute approximate surface area is 96.3 Å². The first-order valence-electron chi connectivity index (χ1n) is 5.35. The van der Waals surface area contributed by atoms with Gasteiger partial charge in [-0.25, -0.2) is 0 Å². The molecule has 0 aliphatic carbocycles. The summed E-state index contributed by atoms with van der Waals surface area (Å²) in [7, 11) is 0. The highest BCUT2D eigenvalue weighted by Crippen LogP contribution is 2.16. The Morgan fingerprint density at radius 3 is 2.62 bits per heavy atom. The van der Waals surface area contributed by atoms with Gasteiger partial charge in [-0.2, -0.15) is 0 Å². The van der Waals surface area contributed by atoms with Gasteiger partial charge in [-0.1, -0.05) is 6.07 Å². The molecule has 4 N–H and O–H groups in total. The van der Waals surface area contributed by atoms with Gasteiger partial charge in [0, 0.05) is 13.0 Å². The molecule has 0 bridgehead atoms. The Morgan fingerprint density at radius 1 is 1.25 bits per heavy atom. The molecule has 0 amide bonds. The summed E-state index contributed by atoms with van der Waals surface area (Å²) in [6.45, 7) is 5.38. The number of rotatable bonds is 5. The predicted octanol–water partition coefficient (Wildman–Crippen LogP) is 1.35. The Bertz CT molecular complexity index is 371. The Kier molecular flexibility index (Phi) is 4.64. The van der Waals surface area contributed by atoms with Crippen LogP contribution in [0, 0.1) is 13.8 Å². The van der Waals surface area contributed by atoms with Crippen molar-refractivity contribution >= 4 is 5.96 Å². The van der Waals surface area contributed by atoms with Gasteiger partial charge in [0.1, 0.15) is 5.75 Å². The van der Waals surface area contributed by atoms with Crippen LogP contribution in [0.1, 0.15) is 17.5 Å². The fourth-order valence-electron chi connectivity index (χ4n) is 1.27. The highest BCUT2D eigenvalue weighted by atomic mass is 16.5. The van der Waals surface area contributed by atoms with Crippen molar-refractivity contribution in [1.82, 2.24) is 0 Å². The van der Waals surface area contributed by atoms with Crippen LogP contribution in [0.2, 0.25) is 0 Å². The standard InChI is InChI=1S/C12H19N3O/c1-9-4-5-11(8-10(9)2)16-7-3-6-15-12(13)14/h4-5,8H,3,6-7H2,1-2H3,(H4,13,14,15). The molecule has 0 aliphatic rings. The molecule has 0 aliphatic heterocycles. The lowest BCUT2D eigenvalue weighted by atomic mass is 10.1. The van der Waals surface area contributed by atoms with Gasteiger partial charge in [-0.05, 0) is 37.1 Å². The lowest BCUT2D eigenvalue weighted by Crippen LogP contribution is -2.23. The van der Waals surface area contributed by atoms with Gasteiger partial charge in [-0.3, -0.25) is 4.99 Å². The third kappa shape index (κ3) is 4.21. The first kappa shape index (κ1) is 12.4. The quantitative estimate of drug-likeness (QED) is 0.448. The van der Waals surface area contributed by atoms with E-state index in [1.54, 1.807) is 0 Å². The molecule has 0 aromatic heterocycles. The molecular weight excluding hydrogens is 202 g/mol. The van der Waals surface area contributed by atoms with Crippen LogP contribution >= 0.6 is 0 Å².